The molecule has 76 valence electrons. The molecule has 1 aliphatic rings. The van der Waals surface area contributed by atoms with Crippen molar-refractivity contribution in [2.75, 3.05) is 0 Å². The van der Waals surface area contributed by atoms with Gasteiger partial charge in [0.15, 0.2) is 0 Å². The number of hydrogen-bond acceptors (Lipinski definition) is 4. The van der Waals surface area contributed by atoms with Crippen molar-refractivity contribution in [3.63, 3.8) is 0 Å². The summed E-state index contributed by atoms with van der Waals surface area (Å²) >= 11 is 0. The van der Waals surface area contributed by atoms with Crippen LogP contribution < -0.4 is 5.32 Å². The van der Waals surface area contributed by atoms with Crippen molar-refractivity contribution in [3.05, 3.63) is 0 Å². The maximum Gasteiger partial charge on any atom is 0.321 e. The van der Waals surface area contributed by atoms with Gasteiger partial charge in [-0.15, -0.1) is 0 Å². The molecule has 6 nitrogen and oxygen atoms in total. The molecule has 0 saturated carbocycles. The summed E-state index contributed by atoms with van der Waals surface area (Å²) in [7, 11) is -4.18. The first kappa shape index (κ1) is 10.4. The highest BCUT2D eigenvalue weighted by Gasteiger charge is 2.40. The summed E-state index contributed by atoms with van der Waals surface area (Å²) in [6, 6.07) is -0.896. The third-order valence-corrected chi connectivity index (χ3v) is 3.19. The van der Waals surface area contributed by atoms with Crippen molar-refractivity contribution in [1.82, 2.24) is 5.32 Å². The number of aliphatic carboxylic acids is 1. The summed E-state index contributed by atoms with van der Waals surface area (Å²) in [5, 5.41) is 9.82. The number of nitrogens with one attached hydrogen (secondary N) is 1. The molecule has 1 heterocycles. The first-order chi connectivity index (χ1) is 5.82. The van der Waals surface area contributed by atoms with Crippen molar-refractivity contribution < 1.29 is 22.9 Å². The van der Waals surface area contributed by atoms with Crippen LogP contribution in [0.3, 0.4) is 0 Å². The van der Waals surface area contributed by atoms with Crippen molar-refractivity contribution in [1.29, 1.82) is 0 Å². The van der Waals surface area contributed by atoms with Gasteiger partial charge in [0.25, 0.3) is 10.1 Å². The van der Waals surface area contributed by atoms with Crippen LogP contribution in [0, 0.1) is 5.92 Å². The summed E-state index contributed by atoms with van der Waals surface area (Å²) in [4.78, 5) is 10.5. The van der Waals surface area contributed by atoms with Crippen molar-refractivity contribution >= 4 is 16.1 Å². The van der Waals surface area contributed by atoms with Crippen LogP contribution in [0.5, 0.6) is 0 Å². The van der Waals surface area contributed by atoms with Crippen molar-refractivity contribution in [2.24, 2.45) is 5.92 Å². The van der Waals surface area contributed by atoms with Crippen LogP contribution in [0.4, 0.5) is 0 Å². The molecule has 0 radical (unpaired) electrons. The quantitative estimate of drug-likeness (QED) is 0.519. The van der Waals surface area contributed by atoms with Gasteiger partial charge in [-0.1, -0.05) is 6.92 Å². The summed E-state index contributed by atoms with van der Waals surface area (Å²) in [5.74, 6) is -1.40. The Labute approximate surface area is 75.7 Å². The second-order valence-corrected chi connectivity index (χ2v) is 4.80. The zero-order chi connectivity index (χ0) is 10.2. The molecule has 0 spiro atoms. The van der Waals surface area contributed by atoms with E-state index in [2.05, 4.69) is 5.32 Å². The molecule has 7 heteroatoms. The van der Waals surface area contributed by atoms with Crippen LogP contribution in [0.1, 0.15) is 13.3 Å². The second kappa shape index (κ2) is 3.24. The molecule has 1 fully saturated rings. The van der Waals surface area contributed by atoms with Crippen LogP contribution >= 0.6 is 0 Å². The number of rotatable bonds is 2. The molecule has 0 aromatic rings. The molecule has 0 amide bonds. The number of carboxylic acid groups (broad SMARTS) is 1. The van der Waals surface area contributed by atoms with E-state index < -0.39 is 27.5 Å². The Morgan fingerprint density at radius 3 is 2.31 bits per heavy atom. The molecule has 3 N–H and O–H groups in total. The molecule has 1 rings (SSSR count). The topological polar surface area (TPSA) is 104 Å². The standard InChI is InChI=1S/C6H11NO5S/c1-3-2-4(13(10,11)12)7-5(3)6(8)9/h3-5,7H,2H2,1H3,(H,8,9)(H,10,11,12)/t3-,4+,5-/m0/s1. The van der Waals surface area contributed by atoms with Gasteiger partial charge >= 0.3 is 5.97 Å². The van der Waals surface area contributed by atoms with E-state index in [9.17, 15) is 13.2 Å². The van der Waals surface area contributed by atoms with Gasteiger partial charge in [-0.25, -0.2) is 0 Å². The lowest BCUT2D eigenvalue weighted by molar-refractivity contribution is -0.139. The number of carbonyl (C=O) groups is 1. The summed E-state index contributed by atoms with van der Waals surface area (Å²) in [6.45, 7) is 1.62. The fourth-order valence-corrected chi connectivity index (χ4v) is 2.29. The highest BCUT2D eigenvalue weighted by molar-refractivity contribution is 7.86. The third-order valence-electron chi connectivity index (χ3n) is 2.15. The highest BCUT2D eigenvalue weighted by Crippen LogP contribution is 2.22. The first-order valence-electron chi connectivity index (χ1n) is 3.77. The van der Waals surface area contributed by atoms with Gasteiger partial charge in [0, 0.05) is 0 Å². The molecule has 1 aliphatic heterocycles. The Balaban J connectivity index is 2.77. The molecule has 0 bridgehead atoms. The third kappa shape index (κ3) is 2.17. The van der Waals surface area contributed by atoms with Gasteiger partial charge < -0.3 is 5.11 Å². The Hall–Kier alpha value is -0.660. The zero-order valence-corrected chi connectivity index (χ0v) is 7.78. The molecule has 3 atom stereocenters. The SMILES string of the molecule is C[C@H]1C[C@@H](S(=O)(=O)O)N[C@@H]1C(=O)O. The molecular formula is C6H11NO5S. The highest BCUT2D eigenvalue weighted by atomic mass is 32.2. The predicted molar refractivity (Wildman–Crippen MR) is 43.7 cm³/mol. The van der Waals surface area contributed by atoms with Gasteiger partial charge in [-0.3, -0.25) is 14.7 Å². The van der Waals surface area contributed by atoms with E-state index in [0.29, 0.717) is 0 Å². The summed E-state index contributed by atoms with van der Waals surface area (Å²) in [6.07, 6.45) is 0.121. The maximum atomic E-state index is 10.6. The fraction of sp³-hybridized carbons (Fsp3) is 0.833. The van der Waals surface area contributed by atoms with Gasteiger partial charge in [0.2, 0.25) is 0 Å². The van der Waals surface area contributed by atoms with E-state index in [1.54, 1.807) is 6.92 Å². The smallest absolute Gasteiger partial charge is 0.321 e. The maximum absolute atomic E-state index is 10.6. The minimum atomic E-state index is -4.18. The predicted octanol–water partition coefficient (Wildman–Crippen LogP) is -0.717. The van der Waals surface area contributed by atoms with Gasteiger partial charge in [-0.05, 0) is 12.3 Å². The Kier molecular flexibility index (Phi) is 2.60. The second-order valence-electron chi connectivity index (χ2n) is 3.20. The minimum Gasteiger partial charge on any atom is -0.480 e. The minimum absolute atomic E-state index is 0.121. The van der Waals surface area contributed by atoms with Crippen LogP contribution in [0.15, 0.2) is 0 Å². The van der Waals surface area contributed by atoms with E-state index in [4.69, 9.17) is 9.66 Å². The largest absolute Gasteiger partial charge is 0.480 e. The Morgan fingerprint density at radius 2 is 2.08 bits per heavy atom. The van der Waals surface area contributed by atoms with Gasteiger partial charge in [0.1, 0.15) is 11.4 Å². The van der Waals surface area contributed by atoms with Crippen molar-refractivity contribution in [2.45, 2.75) is 24.8 Å². The van der Waals surface area contributed by atoms with E-state index in [1.165, 1.54) is 0 Å². The Morgan fingerprint density at radius 1 is 1.54 bits per heavy atom. The van der Waals surface area contributed by atoms with Crippen LogP contribution in [-0.2, 0) is 14.9 Å². The van der Waals surface area contributed by atoms with Crippen molar-refractivity contribution in [3.8, 4) is 0 Å². The van der Waals surface area contributed by atoms with Gasteiger partial charge in [-0.2, -0.15) is 8.42 Å². The average molecular weight is 209 g/mol. The van der Waals surface area contributed by atoms with E-state index >= 15 is 0 Å². The number of hydrogen-bond donors (Lipinski definition) is 3. The molecule has 0 unspecified atom stereocenters. The summed E-state index contributed by atoms with van der Waals surface area (Å²) < 4.78 is 29.9. The number of carboxylic acids is 1. The van der Waals surface area contributed by atoms with Crippen LogP contribution in [0.2, 0.25) is 0 Å². The molecular weight excluding hydrogens is 198 g/mol. The lowest BCUT2D eigenvalue weighted by Gasteiger charge is -2.09. The lowest BCUT2D eigenvalue weighted by atomic mass is 10.0. The Bertz CT molecular complexity index is 311. The van der Waals surface area contributed by atoms with E-state index in [0.717, 1.165) is 0 Å². The molecule has 13 heavy (non-hydrogen) atoms. The molecule has 0 aromatic carbocycles. The normalized spacial score (nSPS) is 34.8. The lowest BCUT2D eigenvalue weighted by Crippen LogP contribution is -2.40. The molecule has 0 aliphatic carbocycles. The summed E-state index contributed by atoms with van der Waals surface area (Å²) in [5.41, 5.74) is 0. The molecule has 1 saturated heterocycles. The zero-order valence-electron chi connectivity index (χ0n) is 6.97. The monoisotopic (exact) mass is 209 g/mol. The van der Waals surface area contributed by atoms with Crippen LogP contribution in [0.25, 0.3) is 0 Å². The van der Waals surface area contributed by atoms with Gasteiger partial charge in [0.05, 0.1) is 0 Å². The average Bonchev–Trinajstić information content (AvgIpc) is 2.29. The van der Waals surface area contributed by atoms with Crippen LogP contribution in [-0.4, -0.2) is 35.5 Å². The van der Waals surface area contributed by atoms with E-state index in [1.807, 2.05) is 0 Å². The first-order valence-corrected chi connectivity index (χ1v) is 5.28. The molecule has 0 aromatic heterocycles. The van der Waals surface area contributed by atoms with E-state index in [-0.39, 0.29) is 12.3 Å². The fourth-order valence-electron chi connectivity index (χ4n) is 1.43.